The number of hydrogen-bond donors (Lipinski definition) is 1. The van der Waals surface area contributed by atoms with Gasteiger partial charge in [-0.05, 0) is 32.0 Å². The molecule has 1 aromatic carbocycles. The number of halogens is 1. The Labute approximate surface area is 139 Å². The van der Waals surface area contributed by atoms with Gasteiger partial charge in [-0.3, -0.25) is 4.79 Å². The molecule has 0 saturated carbocycles. The molecule has 7 nitrogen and oxygen atoms in total. The van der Waals surface area contributed by atoms with E-state index in [1.165, 1.54) is 43.9 Å². The lowest BCUT2D eigenvalue weighted by Crippen LogP contribution is -2.37. The number of sulfonamides is 1. The van der Waals surface area contributed by atoms with E-state index in [0.29, 0.717) is 5.69 Å². The normalized spacial score (nSPS) is 11.5. The minimum absolute atomic E-state index is 0.0115. The van der Waals surface area contributed by atoms with Gasteiger partial charge in [0.2, 0.25) is 15.9 Å². The predicted molar refractivity (Wildman–Crippen MR) is 85.6 cm³/mol. The van der Waals surface area contributed by atoms with Gasteiger partial charge < -0.3 is 9.42 Å². The van der Waals surface area contributed by atoms with Crippen LogP contribution in [0.15, 0.2) is 33.7 Å². The molecule has 1 heterocycles. The van der Waals surface area contributed by atoms with Crippen molar-refractivity contribution in [1.29, 1.82) is 0 Å². The SMILES string of the molecule is CC(=O)N(CCNS(=O)(=O)c1c(C)noc1C)c1cccc(F)c1. The number of hydrogen-bond acceptors (Lipinski definition) is 5. The summed E-state index contributed by atoms with van der Waals surface area (Å²) in [5.41, 5.74) is 0.618. The van der Waals surface area contributed by atoms with E-state index in [-0.39, 0.29) is 35.3 Å². The van der Waals surface area contributed by atoms with Crippen molar-refractivity contribution in [2.24, 2.45) is 0 Å². The van der Waals surface area contributed by atoms with E-state index in [1.807, 2.05) is 0 Å². The van der Waals surface area contributed by atoms with Crippen LogP contribution in [0.2, 0.25) is 0 Å². The maximum atomic E-state index is 13.3. The van der Waals surface area contributed by atoms with E-state index >= 15 is 0 Å². The highest BCUT2D eigenvalue weighted by molar-refractivity contribution is 7.89. The van der Waals surface area contributed by atoms with Crippen molar-refractivity contribution < 1.29 is 22.1 Å². The lowest BCUT2D eigenvalue weighted by Gasteiger charge is -2.21. The van der Waals surface area contributed by atoms with Crippen molar-refractivity contribution in [3.8, 4) is 0 Å². The van der Waals surface area contributed by atoms with Gasteiger partial charge in [-0.2, -0.15) is 0 Å². The third kappa shape index (κ3) is 3.98. The first-order chi connectivity index (χ1) is 11.2. The number of aryl methyl sites for hydroxylation is 2. The molecule has 2 aromatic rings. The number of carbonyl (C=O) groups excluding carboxylic acids is 1. The molecular formula is C15H18FN3O4S. The van der Waals surface area contributed by atoms with Gasteiger partial charge in [-0.15, -0.1) is 0 Å². The Morgan fingerprint density at radius 2 is 2.08 bits per heavy atom. The lowest BCUT2D eigenvalue weighted by atomic mass is 10.2. The zero-order valence-electron chi connectivity index (χ0n) is 13.5. The zero-order chi connectivity index (χ0) is 17.9. The molecule has 24 heavy (non-hydrogen) atoms. The fourth-order valence-corrected chi connectivity index (χ4v) is 3.68. The molecule has 2 rings (SSSR count). The summed E-state index contributed by atoms with van der Waals surface area (Å²) in [6.07, 6.45) is 0. The Morgan fingerprint density at radius 1 is 1.38 bits per heavy atom. The minimum atomic E-state index is -3.81. The summed E-state index contributed by atoms with van der Waals surface area (Å²) in [6.45, 7) is 4.38. The highest BCUT2D eigenvalue weighted by Gasteiger charge is 2.24. The number of anilines is 1. The van der Waals surface area contributed by atoms with Gasteiger partial charge >= 0.3 is 0 Å². The summed E-state index contributed by atoms with van der Waals surface area (Å²) in [7, 11) is -3.81. The first-order valence-corrected chi connectivity index (χ1v) is 8.67. The Hall–Kier alpha value is -2.26. The molecule has 0 spiro atoms. The highest BCUT2D eigenvalue weighted by Crippen LogP contribution is 2.19. The fourth-order valence-electron chi connectivity index (χ4n) is 2.33. The van der Waals surface area contributed by atoms with Gasteiger partial charge in [0.25, 0.3) is 0 Å². The van der Waals surface area contributed by atoms with E-state index in [0.717, 1.165) is 0 Å². The molecular weight excluding hydrogens is 337 g/mol. The number of benzene rings is 1. The maximum Gasteiger partial charge on any atom is 0.246 e. The average Bonchev–Trinajstić information content (AvgIpc) is 2.83. The van der Waals surface area contributed by atoms with Crippen LogP contribution in [0.3, 0.4) is 0 Å². The molecule has 0 unspecified atom stereocenters. The Morgan fingerprint density at radius 3 is 2.62 bits per heavy atom. The molecule has 0 radical (unpaired) electrons. The monoisotopic (exact) mass is 355 g/mol. The van der Waals surface area contributed by atoms with Crippen molar-refractivity contribution in [2.45, 2.75) is 25.7 Å². The zero-order valence-corrected chi connectivity index (χ0v) is 14.4. The number of amides is 1. The van der Waals surface area contributed by atoms with Crippen LogP contribution < -0.4 is 9.62 Å². The molecule has 1 amide bonds. The van der Waals surface area contributed by atoms with Crippen LogP contribution in [0.1, 0.15) is 18.4 Å². The second kappa shape index (κ2) is 7.10. The molecule has 0 aliphatic carbocycles. The highest BCUT2D eigenvalue weighted by atomic mass is 32.2. The third-order valence-electron chi connectivity index (χ3n) is 3.36. The van der Waals surface area contributed by atoms with Gasteiger partial charge in [-0.25, -0.2) is 17.5 Å². The Balaban J connectivity index is 2.10. The molecule has 0 bridgehead atoms. The van der Waals surface area contributed by atoms with Crippen LogP contribution in [0, 0.1) is 19.7 Å². The van der Waals surface area contributed by atoms with Crippen LogP contribution in [-0.2, 0) is 14.8 Å². The van der Waals surface area contributed by atoms with Gasteiger partial charge in [0.05, 0.1) is 0 Å². The quantitative estimate of drug-likeness (QED) is 0.852. The molecule has 1 aromatic heterocycles. The minimum Gasteiger partial charge on any atom is -0.360 e. The molecule has 0 aliphatic rings. The average molecular weight is 355 g/mol. The van der Waals surface area contributed by atoms with Gasteiger partial charge in [0.15, 0.2) is 5.76 Å². The maximum absolute atomic E-state index is 13.3. The molecule has 0 aliphatic heterocycles. The Kier molecular flexibility index (Phi) is 5.35. The lowest BCUT2D eigenvalue weighted by molar-refractivity contribution is -0.116. The standard InChI is InChI=1S/C15H18FN3O4S/c1-10-15(11(2)23-18-10)24(21,22)17-7-8-19(12(3)20)14-6-4-5-13(16)9-14/h4-6,9,17H,7-8H2,1-3H3. The van der Waals surface area contributed by atoms with E-state index < -0.39 is 15.8 Å². The van der Waals surface area contributed by atoms with Crippen molar-refractivity contribution in [2.75, 3.05) is 18.0 Å². The molecule has 1 N–H and O–H groups in total. The summed E-state index contributed by atoms with van der Waals surface area (Å²) in [6, 6.07) is 5.54. The summed E-state index contributed by atoms with van der Waals surface area (Å²) in [5, 5.41) is 3.61. The van der Waals surface area contributed by atoms with E-state index in [4.69, 9.17) is 4.52 Å². The fraction of sp³-hybridized carbons (Fsp3) is 0.333. The van der Waals surface area contributed by atoms with Crippen molar-refractivity contribution in [3.63, 3.8) is 0 Å². The van der Waals surface area contributed by atoms with Gasteiger partial charge in [0.1, 0.15) is 16.4 Å². The molecule has 9 heteroatoms. The number of nitrogens with zero attached hydrogens (tertiary/aromatic N) is 2. The first-order valence-electron chi connectivity index (χ1n) is 7.18. The summed E-state index contributed by atoms with van der Waals surface area (Å²) in [4.78, 5) is 13.0. The van der Waals surface area contributed by atoms with Crippen LogP contribution in [0.4, 0.5) is 10.1 Å². The van der Waals surface area contributed by atoms with Crippen molar-refractivity contribution in [1.82, 2.24) is 9.88 Å². The van der Waals surface area contributed by atoms with Gasteiger partial charge in [0, 0.05) is 25.7 Å². The van der Waals surface area contributed by atoms with Crippen molar-refractivity contribution in [3.05, 3.63) is 41.5 Å². The smallest absolute Gasteiger partial charge is 0.246 e. The summed E-state index contributed by atoms with van der Waals surface area (Å²) >= 11 is 0. The number of carbonyl (C=O) groups is 1. The predicted octanol–water partition coefficient (Wildman–Crippen LogP) is 1.76. The van der Waals surface area contributed by atoms with Crippen molar-refractivity contribution >= 4 is 21.6 Å². The van der Waals surface area contributed by atoms with E-state index in [9.17, 15) is 17.6 Å². The van der Waals surface area contributed by atoms with Crippen LogP contribution in [0.25, 0.3) is 0 Å². The first kappa shape index (κ1) is 18.1. The topological polar surface area (TPSA) is 92.5 Å². The molecule has 130 valence electrons. The molecule has 0 fully saturated rings. The number of nitrogens with one attached hydrogen (secondary N) is 1. The van der Waals surface area contributed by atoms with Crippen LogP contribution in [-0.4, -0.2) is 32.6 Å². The largest absolute Gasteiger partial charge is 0.360 e. The summed E-state index contributed by atoms with van der Waals surface area (Å²) < 4.78 is 45.2. The Bertz CT molecular complexity index is 829. The van der Waals surface area contributed by atoms with Crippen LogP contribution in [0.5, 0.6) is 0 Å². The van der Waals surface area contributed by atoms with E-state index in [2.05, 4.69) is 9.88 Å². The number of aromatic nitrogens is 1. The second-order valence-electron chi connectivity index (χ2n) is 5.20. The number of rotatable bonds is 6. The molecule has 0 atom stereocenters. The van der Waals surface area contributed by atoms with Gasteiger partial charge in [-0.1, -0.05) is 11.2 Å². The summed E-state index contributed by atoms with van der Waals surface area (Å²) in [5.74, 6) is -0.610. The third-order valence-corrected chi connectivity index (χ3v) is 5.07. The van der Waals surface area contributed by atoms with E-state index in [1.54, 1.807) is 6.07 Å². The molecule has 0 saturated heterocycles. The second-order valence-corrected chi connectivity index (χ2v) is 6.91. The van der Waals surface area contributed by atoms with Crippen LogP contribution >= 0.6 is 0 Å².